The van der Waals surface area contributed by atoms with Gasteiger partial charge in [0.1, 0.15) is 11.5 Å². The van der Waals surface area contributed by atoms with Crippen molar-refractivity contribution in [3.05, 3.63) is 84.0 Å². The van der Waals surface area contributed by atoms with E-state index < -0.39 is 23.9 Å². The molecule has 0 aliphatic carbocycles. The van der Waals surface area contributed by atoms with Crippen molar-refractivity contribution in [1.29, 1.82) is 0 Å². The molecule has 0 spiro atoms. The van der Waals surface area contributed by atoms with Crippen molar-refractivity contribution >= 4 is 36.0 Å². The summed E-state index contributed by atoms with van der Waals surface area (Å²) in [6, 6.07) is 12.8. The van der Waals surface area contributed by atoms with Crippen LogP contribution >= 0.6 is 0 Å². The van der Waals surface area contributed by atoms with Gasteiger partial charge in [0.05, 0.1) is 20.6 Å². The molecule has 0 unspecified atom stereocenters. The summed E-state index contributed by atoms with van der Waals surface area (Å²) in [5, 5.41) is 0. The summed E-state index contributed by atoms with van der Waals surface area (Å²) in [6.07, 6.45) is 5.28. The van der Waals surface area contributed by atoms with Gasteiger partial charge in [-0.1, -0.05) is 30.8 Å². The van der Waals surface area contributed by atoms with Gasteiger partial charge in [-0.05, 0) is 47.5 Å². The Morgan fingerprint density at radius 3 is 1.58 bits per heavy atom. The maximum absolute atomic E-state index is 12.2. The van der Waals surface area contributed by atoms with Crippen molar-refractivity contribution in [1.82, 2.24) is 0 Å². The lowest BCUT2D eigenvalue weighted by atomic mass is 10.2. The molecule has 8 heteroatoms. The van der Waals surface area contributed by atoms with Gasteiger partial charge < -0.3 is 18.9 Å². The number of benzene rings is 2. The van der Waals surface area contributed by atoms with Crippen LogP contribution in [-0.2, 0) is 28.7 Å². The predicted molar refractivity (Wildman–Crippen MR) is 120 cm³/mol. The van der Waals surface area contributed by atoms with Crippen LogP contribution in [0.15, 0.2) is 72.8 Å². The zero-order valence-corrected chi connectivity index (χ0v) is 18.1. The van der Waals surface area contributed by atoms with Crippen molar-refractivity contribution in [2.24, 2.45) is 0 Å². The third-order valence-electron chi connectivity index (χ3n) is 4.07. The number of esters is 4. The van der Waals surface area contributed by atoms with Crippen molar-refractivity contribution in [3.8, 4) is 11.5 Å². The molecule has 170 valence electrons. The molecule has 0 saturated carbocycles. The molecule has 0 bridgehead atoms. The maximum atomic E-state index is 12.2. The lowest BCUT2D eigenvalue weighted by molar-refractivity contribution is -0.136. The first-order valence-electron chi connectivity index (χ1n) is 9.63. The second-order valence-electron chi connectivity index (χ2n) is 6.49. The first-order valence-corrected chi connectivity index (χ1v) is 9.63. The summed E-state index contributed by atoms with van der Waals surface area (Å²) in [4.78, 5) is 46.5. The van der Waals surface area contributed by atoms with Crippen LogP contribution in [0.25, 0.3) is 12.2 Å². The van der Waals surface area contributed by atoms with Gasteiger partial charge in [0.15, 0.2) is 0 Å². The first kappa shape index (κ1) is 24.8. The van der Waals surface area contributed by atoms with Gasteiger partial charge in [-0.3, -0.25) is 4.79 Å². The van der Waals surface area contributed by atoms with Gasteiger partial charge >= 0.3 is 23.9 Å². The standard InChI is InChI=1S/C25H22O8/c1-17(25(29)33-21-12-6-19(7-13-21)9-15-23(27)31-3)16-24(28)32-20-10-4-18(5-11-20)8-14-22(26)30-2/h4-15H,1,16H2,2-3H3. The highest BCUT2D eigenvalue weighted by Crippen LogP contribution is 2.17. The monoisotopic (exact) mass is 450 g/mol. The highest BCUT2D eigenvalue weighted by atomic mass is 16.5. The summed E-state index contributed by atoms with van der Waals surface area (Å²) in [5.41, 5.74) is 1.33. The van der Waals surface area contributed by atoms with Crippen LogP contribution < -0.4 is 9.47 Å². The van der Waals surface area contributed by atoms with Crippen molar-refractivity contribution in [2.45, 2.75) is 6.42 Å². The van der Waals surface area contributed by atoms with Crippen LogP contribution in [0.2, 0.25) is 0 Å². The molecule has 0 aliphatic rings. The van der Waals surface area contributed by atoms with E-state index in [1.54, 1.807) is 48.6 Å². The number of ether oxygens (including phenoxy) is 4. The van der Waals surface area contributed by atoms with Crippen molar-refractivity contribution < 1.29 is 38.1 Å². The van der Waals surface area contributed by atoms with Gasteiger partial charge in [0.2, 0.25) is 0 Å². The molecule has 0 N–H and O–H groups in total. The van der Waals surface area contributed by atoms with Gasteiger partial charge in [-0.15, -0.1) is 0 Å². The fourth-order valence-electron chi connectivity index (χ4n) is 2.35. The lowest BCUT2D eigenvalue weighted by Crippen LogP contribution is -2.16. The van der Waals surface area contributed by atoms with E-state index in [9.17, 15) is 19.2 Å². The predicted octanol–water partition coefficient (Wildman–Crippen LogP) is 3.52. The molecule has 0 fully saturated rings. The molecule has 0 radical (unpaired) electrons. The third kappa shape index (κ3) is 8.66. The van der Waals surface area contributed by atoms with E-state index >= 15 is 0 Å². The van der Waals surface area contributed by atoms with E-state index in [2.05, 4.69) is 16.1 Å². The third-order valence-corrected chi connectivity index (χ3v) is 4.07. The average molecular weight is 450 g/mol. The van der Waals surface area contributed by atoms with E-state index in [0.29, 0.717) is 11.1 Å². The molecule has 0 aromatic heterocycles. The summed E-state index contributed by atoms with van der Waals surface area (Å²) in [5.74, 6) is -1.90. The Labute approximate surface area is 190 Å². The molecule has 2 aromatic carbocycles. The van der Waals surface area contributed by atoms with Crippen LogP contribution in [0.5, 0.6) is 11.5 Å². The Hall–Kier alpha value is -4.46. The van der Waals surface area contributed by atoms with Gasteiger partial charge in [0, 0.05) is 17.7 Å². The second kappa shape index (κ2) is 12.4. The molecule has 0 saturated heterocycles. The maximum Gasteiger partial charge on any atom is 0.339 e. The smallest absolute Gasteiger partial charge is 0.339 e. The number of carbonyl (C=O) groups excluding carboxylic acids is 4. The van der Waals surface area contributed by atoms with Crippen molar-refractivity contribution in [3.63, 3.8) is 0 Å². The van der Waals surface area contributed by atoms with E-state index in [4.69, 9.17) is 9.47 Å². The molecule has 0 aliphatic heterocycles. The van der Waals surface area contributed by atoms with Crippen LogP contribution in [0.4, 0.5) is 0 Å². The average Bonchev–Trinajstić information content (AvgIpc) is 2.82. The van der Waals surface area contributed by atoms with E-state index in [1.807, 2.05) is 0 Å². The normalized spacial score (nSPS) is 10.6. The van der Waals surface area contributed by atoms with Gasteiger partial charge in [-0.25, -0.2) is 14.4 Å². The number of carbonyl (C=O) groups is 4. The van der Waals surface area contributed by atoms with E-state index in [-0.39, 0.29) is 23.5 Å². The Kier molecular flexibility index (Phi) is 9.33. The minimum Gasteiger partial charge on any atom is -0.466 e. The summed E-state index contributed by atoms with van der Waals surface area (Å²) in [7, 11) is 2.56. The number of methoxy groups -OCH3 is 2. The lowest BCUT2D eigenvalue weighted by Gasteiger charge is -2.08. The molecule has 0 amide bonds. The number of hydrogen-bond donors (Lipinski definition) is 0. The van der Waals surface area contributed by atoms with Crippen LogP contribution in [0.1, 0.15) is 17.5 Å². The Bertz CT molecular complexity index is 1080. The SMILES string of the molecule is C=C(CC(=O)Oc1ccc(C=CC(=O)OC)cc1)C(=O)Oc1ccc(C=CC(=O)OC)cc1. The fourth-order valence-corrected chi connectivity index (χ4v) is 2.35. The highest BCUT2D eigenvalue weighted by Gasteiger charge is 2.16. The topological polar surface area (TPSA) is 105 Å². The zero-order valence-electron chi connectivity index (χ0n) is 18.1. The molecule has 2 aromatic rings. The molecular formula is C25H22O8. The minimum absolute atomic E-state index is 0.0766. The molecule has 33 heavy (non-hydrogen) atoms. The molecule has 2 rings (SSSR count). The van der Waals surface area contributed by atoms with Crippen molar-refractivity contribution in [2.75, 3.05) is 14.2 Å². The summed E-state index contributed by atoms with van der Waals surface area (Å²) in [6.45, 7) is 3.58. The number of hydrogen-bond acceptors (Lipinski definition) is 8. The fraction of sp³-hybridized carbons (Fsp3) is 0.120. The second-order valence-corrected chi connectivity index (χ2v) is 6.49. The zero-order chi connectivity index (χ0) is 24.2. The first-order chi connectivity index (χ1) is 15.8. The van der Waals surface area contributed by atoms with Crippen LogP contribution in [-0.4, -0.2) is 38.1 Å². The van der Waals surface area contributed by atoms with E-state index in [1.165, 1.54) is 38.5 Å². The summed E-state index contributed by atoms with van der Waals surface area (Å²) < 4.78 is 19.4. The van der Waals surface area contributed by atoms with Crippen LogP contribution in [0, 0.1) is 0 Å². The van der Waals surface area contributed by atoms with E-state index in [0.717, 1.165) is 0 Å². The molecule has 0 heterocycles. The molecule has 0 atom stereocenters. The Morgan fingerprint density at radius 1 is 0.727 bits per heavy atom. The Balaban J connectivity index is 1.85. The minimum atomic E-state index is -0.770. The Morgan fingerprint density at radius 2 is 1.15 bits per heavy atom. The summed E-state index contributed by atoms with van der Waals surface area (Å²) >= 11 is 0. The highest BCUT2D eigenvalue weighted by molar-refractivity contribution is 5.95. The largest absolute Gasteiger partial charge is 0.466 e. The van der Waals surface area contributed by atoms with Gasteiger partial charge in [-0.2, -0.15) is 0 Å². The molecular weight excluding hydrogens is 428 g/mol. The molecule has 8 nitrogen and oxygen atoms in total. The quantitative estimate of drug-likeness (QED) is 0.325. The number of rotatable bonds is 9. The van der Waals surface area contributed by atoms with Crippen LogP contribution in [0.3, 0.4) is 0 Å². The van der Waals surface area contributed by atoms with Gasteiger partial charge in [0.25, 0.3) is 0 Å².